The quantitative estimate of drug-likeness (QED) is 0.737. The lowest BCUT2D eigenvalue weighted by Crippen LogP contribution is -2.37. The molecule has 2 atom stereocenters. The highest BCUT2D eigenvalue weighted by atomic mass is 16.5. The van der Waals surface area contributed by atoms with Gasteiger partial charge >= 0.3 is 0 Å². The lowest BCUT2D eigenvalue weighted by molar-refractivity contribution is 0.0130. The van der Waals surface area contributed by atoms with E-state index in [2.05, 4.69) is 43.4 Å². The summed E-state index contributed by atoms with van der Waals surface area (Å²) in [7, 11) is 0. The average molecular weight is 291 g/mol. The Morgan fingerprint density at radius 3 is 2.76 bits per heavy atom. The highest BCUT2D eigenvalue weighted by Gasteiger charge is 2.18. The topological polar surface area (TPSA) is 30.5 Å². The van der Waals surface area contributed by atoms with E-state index < -0.39 is 0 Å². The number of unbranched alkanes of at least 4 members (excludes halogenated alkanes) is 2. The molecule has 1 aliphatic heterocycles. The Balaban J connectivity index is 1.69. The molecule has 118 valence electrons. The molecule has 2 rings (SSSR count). The first-order chi connectivity index (χ1) is 10.3. The molecule has 1 aliphatic rings. The van der Waals surface area contributed by atoms with Crippen LogP contribution < -0.4 is 10.1 Å². The summed E-state index contributed by atoms with van der Waals surface area (Å²) in [5.41, 5.74) is 1.31. The van der Waals surface area contributed by atoms with Crippen LogP contribution >= 0.6 is 0 Å². The van der Waals surface area contributed by atoms with E-state index in [1.165, 1.54) is 18.4 Å². The van der Waals surface area contributed by atoms with Crippen LogP contribution in [0.1, 0.15) is 51.5 Å². The molecule has 0 amide bonds. The highest BCUT2D eigenvalue weighted by Crippen LogP contribution is 2.16. The summed E-state index contributed by atoms with van der Waals surface area (Å²) >= 11 is 0. The van der Waals surface area contributed by atoms with E-state index >= 15 is 0 Å². The minimum absolute atomic E-state index is 0.384. The van der Waals surface area contributed by atoms with E-state index in [9.17, 15) is 0 Å². The van der Waals surface area contributed by atoms with Crippen LogP contribution in [0, 0.1) is 0 Å². The fourth-order valence-electron chi connectivity index (χ4n) is 2.69. The molecule has 0 aliphatic carbocycles. The number of benzene rings is 1. The molecule has 21 heavy (non-hydrogen) atoms. The first-order valence-electron chi connectivity index (χ1n) is 8.34. The zero-order valence-corrected chi connectivity index (χ0v) is 13.4. The van der Waals surface area contributed by atoms with Crippen LogP contribution in [0.2, 0.25) is 0 Å². The zero-order valence-electron chi connectivity index (χ0n) is 13.4. The maximum absolute atomic E-state index is 5.73. The summed E-state index contributed by atoms with van der Waals surface area (Å²) in [6, 6.07) is 9.06. The molecule has 1 aromatic carbocycles. The zero-order chi connectivity index (χ0) is 14.9. The SMILES string of the molecule is CCCCCOc1ccc(CNC2CCOC(C)C2)cc1. The molecule has 3 heteroatoms. The van der Waals surface area contributed by atoms with Gasteiger partial charge in [0.05, 0.1) is 12.7 Å². The Hall–Kier alpha value is -1.06. The van der Waals surface area contributed by atoms with Crippen molar-refractivity contribution < 1.29 is 9.47 Å². The minimum atomic E-state index is 0.384. The van der Waals surface area contributed by atoms with E-state index in [1.807, 2.05) is 0 Å². The maximum atomic E-state index is 5.73. The predicted octanol–water partition coefficient (Wildman–Crippen LogP) is 3.91. The lowest BCUT2D eigenvalue weighted by Gasteiger charge is -2.28. The van der Waals surface area contributed by atoms with Gasteiger partial charge in [0.2, 0.25) is 0 Å². The van der Waals surface area contributed by atoms with Crippen molar-refractivity contribution in [2.75, 3.05) is 13.2 Å². The van der Waals surface area contributed by atoms with Gasteiger partial charge < -0.3 is 14.8 Å². The van der Waals surface area contributed by atoms with Gasteiger partial charge in [-0.1, -0.05) is 31.9 Å². The van der Waals surface area contributed by atoms with Crippen molar-refractivity contribution >= 4 is 0 Å². The Bertz CT molecular complexity index is 391. The Morgan fingerprint density at radius 2 is 2.05 bits per heavy atom. The second kappa shape index (κ2) is 9.06. The van der Waals surface area contributed by atoms with Crippen LogP contribution in [-0.2, 0) is 11.3 Å². The molecule has 0 saturated carbocycles. The molecular formula is C18H29NO2. The van der Waals surface area contributed by atoms with Crippen molar-refractivity contribution in [3.63, 3.8) is 0 Å². The van der Waals surface area contributed by atoms with Gasteiger partial charge in [-0.15, -0.1) is 0 Å². The second-order valence-electron chi connectivity index (χ2n) is 5.98. The lowest BCUT2D eigenvalue weighted by atomic mass is 10.0. The molecule has 2 unspecified atom stereocenters. The first kappa shape index (κ1) is 16.3. The van der Waals surface area contributed by atoms with Crippen molar-refractivity contribution in [2.45, 2.75) is 64.6 Å². The van der Waals surface area contributed by atoms with Crippen molar-refractivity contribution in [1.29, 1.82) is 0 Å². The summed E-state index contributed by atoms with van der Waals surface area (Å²) in [5.74, 6) is 0.981. The fraction of sp³-hybridized carbons (Fsp3) is 0.667. The Kier molecular flexibility index (Phi) is 7.04. The van der Waals surface area contributed by atoms with E-state index in [1.54, 1.807) is 0 Å². The van der Waals surface area contributed by atoms with Crippen LogP contribution in [0.15, 0.2) is 24.3 Å². The number of rotatable bonds is 8. The summed E-state index contributed by atoms with van der Waals surface area (Å²) in [6.07, 6.45) is 6.23. The number of hydrogen-bond acceptors (Lipinski definition) is 3. The van der Waals surface area contributed by atoms with Crippen molar-refractivity contribution in [3.05, 3.63) is 29.8 Å². The van der Waals surface area contributed by atoms with Crippen LogP contribution in [0.4, 0.5) is 0 Å². The third-order valence-corrected chi connectivity index (χ3v) is 4.02. The van der Waals surface area contributed by atoms with Crippen LogP contribution in [0.3, 0.4) is 0 Å². The van der Waals surface area contributed by atoms with Gasteiger partial charge in [-0.05, 0) is 43.9 Å². The molecular weight excluding hydrogens is 262 g/mol. The van der Waals surface area contributed by atoms with E-state index in [4.69, 9.17) is 9.47 Å². The van der Waals surface area contributed by atoms with Gasteiger partial charge in [-0.2, -0.15) is 0 Å². The van der Waals surface area contributed by atoms with Crippen molar-refractivity contribution in [3.8, 4) is 5.75 Å². The monoisotopic (exact) mass is 291 g/mol. The molecule has 1 saturated heterocycles. The van der Waals surface area contributed by atoms with Crippen LogP contribution in [0.5, 0.6) is 5.75 Å². The normalized spacial score (nSPS) is 22.2. The summed E-state index contributed by atoms with van der Waals surface area (Å²) in [5, 5.41) is 3.63. The van der Waals surface area contributed by atoms with Gasteiger partial charge in [-0.3, -0.25) is 0 Å². The molecule has 0 radical (unpaired) electrons. The Labute approximate surface area is 129 Å². The average Bonchev–Trinajstić information content (AvgIpc) is 2.51. The van der Waals surface area contributed by atoms with Gasteiger partial charge in [0.15, 0.2) is 0 Å². The number of nitrogens with one attached hydrogen (secondary N) is 1. The van der Waals surface area contributed by atoms with Crippen molar-refractivity contribution in [2.24, 2.45) is 0 Å². The first-order valence-corrected chi connectivity index (χ1v) is 8.34. The predicted molar refractivity (Wildman–Crippen MR) is 86.7 cm³/mol. The maximum Gasteiger partial charge on any atom is 0.119 e. The molecule has 0 bridgehead atoms. The van der Waals surface area contributed by atoms with Gasteiger partial charge in [0, 0.05) is 19.2 Å². The largest absolute Gasteiger partial charge is 0.494 e. The van der Waals surface area contributed by atoms with E-state index in [0.717, 1.165) is 44.8 Å². The van der Waals surface area contributed by atoms with Crippen LogP contribution in [-0.4, -0.2) is 25.4 Å². The van der Waals surface area contributed by atoms with E-state index in [0.29, 0.717) is 12.1 Å². The van der Waals surface area contributed by atoms with Crippen molar-refractivity contribution in [1.82, 2.24) is 5.32 Å². The number of hydrogen-bond donors (Lipinski definition) is 1. The molecule has 1 heterocycles. The third-order valence-electron chi connectivity index (χ3n) is 4.02. The number of ether oxygens (including phenoxy) is 2. The second-order valence-corrected chi connectivity index (χ2v) is 5.98. The summed E-state index contributed by atoms with van der Waals surface area (Å²) < 4.78 is 11.3. The summed E-state index contributed by atoms with van der Waals surface area (Å²) in [4.78, 5) is 0. The van der Waals surface area contributed by atoms with E-state index in [-0.39, 0.29) is 0 Å². The minimum Gasteiger partial charge on any atom is -0.494 e. The molecule has 0 aromatic heterocycles. The third kappa shape index (κ3) is 6.06. The Morgan fingerprint density at radius 1 is 1.24 bits per heavy atom. The molecule has 1 aromatic rings. The molecule has 3 nitrogen and oxygen atoms in total. The smallest absolute Gasteiger partial charge is 0.119 e. The molecule has 1 fully saturated rings. The summed E-state index contributed by atoms with van der Waals surface area (Å²) in [6.45, 7) is 6.99. The molecule has 0 spiro atoms. The highest BCUT2D eigenvalue weighted by molar-refractivity contribution is 5.27. The standard InChI is InChI=1S/C18H29NO2/c1-3-4-5-11-21-18-8-6-16(7-9-18)14-19-17-10-12-20-15(2)13-17/h6-9,15,17,19H,3-5,10-14H2,1-2H3. The van der Waals surface area contributed by atoms with Gasteiger partial charge in [0.25, 0.3) is 0 Å². The van der Waals surface area contributed by atoms with Gasteiger partial charge in [-0.25, -0.2) is 0 Å². The molecule has 1 N–H and O–H groups in total. The van der Waals surface area contributed by atoms with Gasteiger partial charge in [0.1, 0.15) is 5.75 Å². The van der Waals surface area contributed by atoms with Crippen LogP contribution in [0.25, 0.3) is 0 Å². The fourth-order valence-corrected chi connectivity index (χ4v) is 2.69.